The van der Waals surface area contributed by atoms with Gasteiger partial charge in [-0.1, -0.05) is 6.07 Å². The third-order valence-electron chi connectivity index (χ3n) is 5.96. The van der Waals surface area contributed by atoms with Crippen LogP contribution < -0.4 is 10.6 Å². The van der Waals surface area contributed by atoms with Crippen LogP contribution in [0.25, 0.3) is 0 Å². The molecule has 186 valence electrons. The number of hydrogen-bond acceptors (Lipinski definition) is 5. The molecular weight excluding hydrogens is 474 g/mol. The van der Waals surface area contributed by atoms with Gasteiger partial charge in [-0.15, -0.1) is 11.8 Å². The number of H-pyrrole nitrogens is 1. The Morgan fingerprint density at radius 1 is 1.17 bits per heavy atom. The van der Waals surface area contributed by atoms with E-state index in [1.54, 1.807) is 35.4 Å². The van der Waals surface area contributed by atoms with Crippen LogP contribution in [0, 0.1) is 6.92 Å². The van der Waals surface area contributed by atoms with Gasteiger partial charge in [0.1, 0.15) is 5.76 Å². The minimum atomic E-state index is -0.307. The number of nitrogens with zero attached hydrogens (tertiary/aromatic N) is 2. The summed E-state index contributed by atoms with van der Waals surface area (Å²) < 4.78 is 5.69. The van der Waals surface area contributed by atoms with Gasteiger partial charge in [0.2, 0.25) is 6.41 Å². The van der Waals surface area contributed by atoms with Crippen molar-refractivity contribution in [3.05, 3.63) is 96.0 Å². The largest absolute Gasteiger partial charge is 0.467 e. The zero-order chi connectivity index (χ0) is 25.3. The van der Waals surface area contributed by atoms with E-state index in [4.69, 9.17) is 4.42 Å². The van der Waals surface area contributed by atoms with Crippen LogP contribution in [-0.2, 0) is 17.6 Å². The number of urea groups is 1. The number of rotatable bonds is 11. The monoisotopic (exact) mass is 503 g/mol. The number of aromatic amines is 1. The van der Waals surface area contributed by atoms with Gasteiger partial charge in [0.25, 0.3) is 0 Å². The van der Waals surface area contributed by atoms with Crippen molar-refractivity contribution in [1.82, 2.24) is 14.9 Å². The molecule has 1 unspecified atom stereocenters. The third kappa shape index (κ3) is 6.57. The molecule has 0 aliphatic rings. The number of anilines is 2. The summed E-state index contributed by atoms with van der Waals surface area (Å²) in [5.74, 6) is 0.722. The number of hydrogen-bond donors (Lipinski definition) is 3. The molecule has 9 heteroatoms. The molecule has 2 heterocycles. The first-order valence-electron chi connectivity index (χ1n) is 11.6. The fourth-order valence-electron chi connectivity index (χ4n) is 3.99. The molecule has 8 nitrogen and oxygen atoms in total. The standard InChI is InChI=1S/C27H29N5O3S/c1-19-14-22(31-27(34)30-21-7-9-24(36-2)10-8-21)6-5-20(19)15-25(26-4-3-13-35-26)32(18-33)12-11-23-16-28-17-29-23/h3-10,13-14,16-18,25H,11-12,15H2,1-2H3,(H,28,29)(H2,30,31,34). The molecule has 0 saturated carbocycles. The average molecular weight is 504 g/mol. The van der Waals surface area contributed by atoms with Crippen LogP contribution in [0.5, 0.6) is 0 Å². The molecule has 0 aliphatic carbocycles. The maximum atomic E-state index is 12.5. The normalized spacial score (nSPS) is 11.6. The van der Waals surface area contributed by atoms with Crippen LogP contribution in [0.1, 0.15) is 28.6 Å². The molecule has 36 heavy (non-hydrogen) atoms. The highest BCUT2D eigenvalue weighted by molar-refractivity contribution is 7.98. The van der Waals surface area contributed by atoms with Gasteiger partial charge in [0.05, 0.1) is 18.6 Å². The number of aromatic nitrogens is 2. The van der Waals surface area contributed by atoms with E-state index in [9.17, 15) is 9.59 Å². The van der Waals surface area contributed by atoms with Crippen LogP contribution >= 0.6 is 11.8 Å². The summed E-state index contributed by atoms with van der Waals surface area (Å²) in [6, 6.07) is 16.6. The lowest BCUT2D eigenvalue weighted by Gasteiger charge is -2.27. The first-order chi connectivity index (χ1) is 17.6. The Morgan fingerprint density at radius 2 is 1.94 bits per heavy atom. The molecule has 4 rings (SSSR count). The van der Waals surface area contributed by atoms with Gasteiger partial charge in [-0.05, 0) is 72.8 Å². The van der Waals surface area contributed by atoms with Gasteiger partial charge >= 0.3 is 6.03 Å². The molecule has 0 spiro atoms. The fraction of sp³-hybridized carbons (Fsp3) is 0.222. The number of aryl methyl sites for hydroxylation is 1. The zero-order valence-electron chi connectivity index (χ0n) is 20.2. The van der Waals surface area contributed by atoms with Crippen molar-refractivity contribution in [1.29, 1.82) is 0 Å². The van der Waals surface area contributed by atoms with Crippen LogP contribution in [0.4, 0.5) is 16.2 Å². The molecule has 1 atom stereocenters. The Morgan fingerprint density at radius 3 is 2.58 bits per heavy atom. The van der Waals surface area contributed by atoms with Crippen molar-refractivity contribution in [2.45, 2.75) is 30.7 Å². The lowest BCUT2D eigenvalue weighted by Crippen LogP contribution is -2.31. The summed E-state index contributed by atoms with van der Waals surface area (Å²) in [5, 5.41) is 5.74. The minimum Gasteiger partial charge on any atom is -0.467 e. The Balaban J connectivity index is 1.43. The van der Waals surface area contributed by atoms with Crippen molar-refractivity contribution >= 4 is 35.6 Å². The number of thioether (sulfide) groups is 1. The number of carbonyl (C=O) groups is 2. The van der Waals surface area contributed by atoms with E-state index in [1.165, 1.54) is 0 Å². The molecule has 3 N–H and O–H groups in total. The molecule has 3 amide bonds. The van der Waals surface area contributed by atoms with E-state index in [2.05, 4.69) is 20.6 Å². The molecule has 0 saturated heterocycles. The zero-order valence-corrected chi connectivity index (χ0v) is 21.0. The van der Waals surface area contributed by atoms with Crippen LogP contribution in [-0.4, -0.2) is 40.1 Å². The second-order valence-electron chi connectivity index (χ2n) is 8.35. The smallest absolute Gasteiger partial charge is 0.323 e. The summed E-state index contributed by atoms with van der Waals surface area (Å²) in [6.07, 6.45) is 9.12. The number of carbonyl (C=O) groups excluding carboxylic acids is 2. The van der Waals surface area contributed by atoms with Crippen LogP contribution in [0.15, 0.2) is 82.7 Å². The SMILES string of the molecule is CSc1ccc(NC(=O)Nc2ccc(CC(c3ccco3)N(C=O)CCc3cnc[nH]3)c(C)c2)cc1. The summed E-state index contributed by atoms with van der Waals surface area (Å²) in [5.41, 5.74) is 4.45. The summed E-state index contributed by atoms with van der Waals surface area (Å²) in [7, 11) is 0. The summed E-state index contributed by atoms with van der Waals surface area (Å²) >= 11 is 1.65. The molecule has 2 aromatic heterocycles. The van der Waals surface area contributed by atoms with E-state index in [1.807, 2.05) is 67.8 Å². The fourth-order valence-corrected chi connectivity index (χ4v) is 4.40. The maximum absolute atomic E-state index is 12.5. The second kappa shape index (κ2) is 12.1. The number of imidazole rings is 1. The van der Waals surface area contributed by atoms with Crippen molar-refractivity contribution in [3.63, 3.8) is 0 Å². The quantitative estimate of drug-likeness (QED) is 0.181. The molecule has 0 bridgehead atoms. The first kappa shape index (κ1) is 25.1. The second-order valence-corrected chi connectivity index (χ2v) is 9.23. The minimum absolute atomic E-state index is 0.259. The molecule has 0 fully saturated rings. The van der Waals surface area contributed by atoms with Gasteiger partial charge in [-0.3, -0.25) is 4.79 Å². The van der Waals surface area contributed by atoms with E-state index in [-0.39, 0.29) is 12.1 Å². The van der Waals surface area contributed by atoms with Crippen LogP contribution in [0.3, 0.4) is 0 Å². The van der Waals surface area contributed by atoms with E-state index in [0.29, 0.717) is 25.1 Å². The number of nitrogens with one attached hydrogen (secondary N) is 3. The predicted molar refractivity (Wildman–Crippen MR) is 142 cm³/mol. The summed E-state index contributed by atoms with van der Waals surface area (Å²) in [4.78, 5) is 34.5. The Labute approximate surface area is 214 Å². The summed E-state index contributed by atoms with van der Waals surface area (Å²) in [6.45, 7) is 2.52. The number of benzene rings is 2. The van der Waals surface area contributed by atoms with Gasteiger partial charge < -0.3 is 24.9 Å². The maximum Gasteiger partial charge on any atom is 0.323 e. The molecule has 4 aromatic rings. The highest BCUT2D eigenvalue weighted by atomic mass is 32.2. The van der Waals surface area contributed by atoms with Crippen molar-refractivity contribution in [2.75, 3.05) is 23.4 Å². The molecular formula is C27H29N5O3S. The van der Waals surface area contributed by atoms with E-state index >= 15 is 0 Å². The van der Waals surface area contributed by atoms with Gasteiger partial charge in [-0.2, -0.15) is 0 Å². The highest BCUT2D eigenvalue weighted by Crippen LogP contribution is 2.28. The van der Waals surface area contributed by atoms with Crippen LogP contribution in [0.2, 0.25) is 0 Å². The first-order valence-corrected chi connectivity index (χ1v) is 12.8. The topological polar surface area (TPSA) is 103 Å². The highest BCUT2D eigenvalue weighted by Gasteiger charge is 2.23. The Hall–Kier alpha value is -3.98. The van der Waals surface area contributed by atoms with Gasteiger partial charge in [0, 0.05) is 47.5 Å². The van der Waals surface area contributed by atoms with Crippen molar-refractivity contribution in [3.8, 4) is 0 Å². The van der Waals surface area contributed by atoms with Gasteiger partial charge in [0.15, 0.2) is 0 Å². The average Bonchev–Trinajstić information content (AvgIpc) is 3.60. The van der Waals surface area contributed by atoms with E-state index < -0.39 is 0 Å². The number of amides is 3. The molecule has 0 radical (unpaired) electrons. The Bertz CT molecular complexity index is 1260. The van der Waals surface area contributed by atoms with Crippen molar-refractivity contribution in [2.24, 2.45) is 0 Å². The van der Waals surface area contributed by atoms with Gasteiger partial charge in [-0.25, -0.2) is 9.78 Å². The number of furan rings is 1. The molecule has 0 aliphatic heterocycles. The predicted octanol–water partition coefficient (Wildman–Crippen LogP) is 5.66. The third-order valence-corrected chi connectivity index (χ3v) is 6.71. The lowest BCUT2D eigenvalue weighted by atomic mass is 9.98. The van der Waals surface area contributed by atoms with E-state index in [0.717, 1.165) is 39.6 Å². The molecule has 2 aromatic carbocycles. The Kier molecular flexibility index (Phi) is 8.46. The lowest BCUT2D eigenvalue weighted by molar-refractivity contribution is -0.120. The van der Waals surface area contributed by atoms with Crippen molar-refractivity contribution < 1.29 is 14.0 Å².